The van der Waals surface area contributed by atoms with Crippen molar-refractivity contribution in [3.63, 3.8) is 0 Å². The van der Waals surface area contributed by atoms with Crippen molar-refractivity contribution in [3.05, 3.63) is 60.2 Å². The molecular weight excluding hydrogens is 251 g/mol. The second kappa shape index (κ2) is 4.42. The third kappa shape index (κ3) is 1.77. The number of nitrogens with zero attached hydrogens (tertiary/aromatic N) is 2. The average Bonchev–Trinajstić information content (AvgIpc) is 2.82. The van der Waals surface area contributed by atoms with Crippen LogP contribution >= 0.6 is 11.6 Å². The van der Waals surface area contributed by atoms with Gasteiger partial charge in [-0.15, -0.1) is 11.6 Å². The predicted molar refractivity (Wildman–Crippen MR) is 70.6 cm³/mol. The van der Waals surface area contributed by atoms with Crippen LogP contribution in [-0.4, -0.2) is 9.55 Å². The second-order valence-electron chi connectivity index (χ2n) is 4.01. The number of para-hydroxylation sites is 2. The fourth-order valence-corrected chi connectivity index (χ4v) is 2.26. The molecule has 90 valence electrons. The molecule has 0 unspecified atom stereocenters. The number of aromatic nitrogens is 2. The van der Waals surface area contributed by atoms with Gasteiger partial charge >= 0.3 is 0 Å². The zero-order valence-corrected chi connectivity index (χ0v) is 10.2. The van der Waals surface area contributed by atoms with Crippen LogP contribution in [0.2, 0.25) is 0 Å². The minimum atomic E-state index is -0.279. The molecular formula is C14H10ClFN2. The van der Waals surface area contributed by atoms with Crippen LogP contribution in [0.25, 0.3) is 16.7 Å². The van der Waals surface area contributed by atoms with Crippen LogP contribution in [0.1, 0.15) is 5.56 Å². The molecule has 0 spiro atoms. The van der Waals surface area contributed by atoms with Gasteiger partial charge in [-0.3, -0.25) is 4.57 Å². The molecule has 2 nitrogen and oxygen atoms in total. The van der Waals surface area contributed by atoms with E-state index >= 15 is 0 Å². The Labute approximate surface area is 109 Å². The van der Waals surface area contributed by atoms with Gasteiger partial charge in [0, 0.05) is 5.88 Å². The van der Waals surface area contributed by atoms with E-state index < -0.39 is 0 Å². The van der Waals surface area contributed by atoms with Crippen LogP contribution < -0.4 is 0 Å². The Kier molecular flexibility index (Phi) is 2.76. The third-order valence-electron chi connectivity index (χ3n) is 2.90. The molecule has 0 aliphatic rings. The highest BCUT2D eigenvalue weighted by molar-refractivity contribution is 6.17. The van der Waals surface area contributed by atoms with Crippen molar-refractivity contribution in [1.29, 1.82) is 0 Å². The van der Waals surface area contributed by atoms with Crippen LogP contribution in [0, 0.1) is 5.82 Å². The smallest absolute Gasteiger partial charge is 0.123 e. The van der Waals surface area contributed by atoms with Crippen molar-refractivity contribution in [2.75, 3.05) is 0 Å². The lowest BCUT2D eigenvalue weighted by atomic mass is 10.2. The van der Waals surface area contributed by atoms with Crippen LogP contribution in [0.5, 0.6) is 0 Å². The molecule has 3 rings (SSSR count). The SMILES string of the molecule is Fc1ccc(-n2cnc3ccccc32)c(CCl)c1. The van der Waals surface area contributed by atoms with E-state index in [1.807, 2.05) is 28.8 Å². The molecule has 0 radical (unpaired) electrons. The second-order valence-corrected chi connectivity index (χ2v) is 4.28. The van der Waals surface area contributed by atoms with Gasteiger partial charge in [-0.25, -0.2) is 9.37 Å². The molecule has 18 heavy (non-hydrogen) atoms. The number of hydrogen-bond donors (Lipinski definition) is 0. The summed E-state index contributed by atoms with van der Waals surface area (Å²) in [5.41, 5.74) is 3.50. The monoisotopic (exact) mass is 260 g/mol. The van der Waals surface area contributed by atoms with Gasteiger partial charge in [-0.05, 0) is 35.9 Å². The first-order valence-corrected chi connectivity index (χ1v) is 6.10. The normalized spacial score (nSPS) is 11.0. The van der Waals surface area contributed by atoms with Crippen molar-refractivity contribution < 1.29 is 4.39 Å². The van der Waals surface area contributed by atoms with Gasteiger partial charge in [0.2, 0.25) is 0 Å². The molecule has 0 amide bonds. The molecule has 0 fully saturated rings. The van der Waals surface area contributed by atoms with Crippen LogP contribution in [0.3, 0.4) is 0 Å². The fourth-order valence-electron chi connectivity index (χ4n) is 2.05. The number of halogens is 2. The van der Waals surface area contributed by atoms with Gasteiger partial charge in [0.15, 0.2) is 0 Å². The molecule has 0 saturated heterocycles. The van der Waals surface area contributed by atoms with Gasteiger partial charge in [0.1, 0.15) is 12.1 Å². The molecule has 0 bridgehead atoms. The Balaban J connectivity index is 2.26. The summed E-state index contributed by atoms with van der Waals surface area (Å²) in [6.45, 7) is 0. The predicted octanol–water partition coefficient (Wildman–Crippen LogP) is 3.90. The Hall–Kier alpha value is -1.87. The molecule has 0 aliphatic heterocycles. The number of imidazole rings is 1. The highest BCUT2D eigenvalue weighted by Crippen LogP contribution is 2.22. The summed E-state index contributed by atoms with van der Waals surface area (Å²) in [6, 6.07) is 12.4. The van der Waals surface area contributed by atoms with E-state index in [2.05, 4.69) is 4.98 Å². The van der Waals surface area contributed by atoms with E-state index in [1.54, 1.807) is 12.4 Å². The number of rotatable bonds is 2. The summed E-state index contributed by atoms with van der Waals surface area (Å²) in [7, 11) is 0. The van der Waals surface area contributed by atoms with Gasteiger partial charge in [0.25, 0.3) is 0 Å². The topological polar surface area (TPSA) is 17.8 Å². The van der Waals surface area contributed by atoms with E-state index in [0.717, 1.165) is 22.3 Å². The van der Waals surface area contributed by atoms with E-state index in [9.17, 15) is 4.39 Å². The first kappa shape index (κ1) is 11.2. The fraction of sp³-hybridized carbons (Fsp3) is 0.0714. The van der Waals surface area contributed by atoms with E-state index in [0.29, 0.717) is 0 Å². The molecule has 3 aromatic rings. The molecule has 0 N–H and O–H groups in total. The van der Waals surface area contributed by atoms with Gasteiger partial charge < -0.3 is 0 Å². The quantitative estimate of drug-likeness (QED) is 0.639. The Morgan fingerprint density at radius 2 is 2.00 bits per heavy atom. The third-order valence-corrected chi connectivity index (χ3v) is 3.19. The molecule has 2 aromatic carbocycles. The molecule has 0 atom stereocenters. The maximum Gasteiger partial charge on any atom is 0.123 e. The van der Waals surface area contributed by atoms with Crippen LogP contribution in [-0.2, 0) is 5.88 Å². The molecule has 0 saturated carbocycles. The van der Waals surface area contributed by atoms with E-state index in [1.165, 1.54) is 12.1 Å². The summed E-state index contributed by atoms with van der Waals surface area (Å²) in [5.74, 6) is -0.0154. The lowest BCUT2D eigenvalue weighted by Gasteiger charge is -2.09. The Morgan fingerprint density at radius 3 is 2.83 bits per heavy atom. The molecule has 0 aliphatic carbocycles. The van der Waals surface area contributed by atoms with Crippen molar-refractivity contribution >= 4 is 22.6 Å². The Bertz CT molecular complexity index is 706. The highest BCUT2D eigenvalue weighted by atomic mass is 35.5. The first-order valence-electron chi connectivity index (χ1n) is 5.56. The number of hydrogen-bond acceptors (Lipinski definition) is 1. The number of fused-ring (bicyclic) bond motifs is 1. The van der Waals surface area contributed by atoms with Crippen LogP contribution in [0.15, 0.2) is 48.8 Å². The van der Waals surface area contributed by atoms with Crippen molar-refractivity contribution in [2.24, 2.45) is 0 Å². The van der Waals surface area contributed by atoms with Crippen LogP contribution in [0.4, 0.5) is 4.39 Å². The maximum atomic E-state index is 13.2. The number of alkyl halides is 1. The summed E-state index contributed by atoms with van der Waals surface area (Å²) in [4.78, 5) is 4.32. The maximum absolute atomic E-state index is 13.2. The van der Waals surface area contributed by atoms with Gasteiger partial charge in [-0.2, -0.15) is 0 Å². The van der Waals surface area contributed by atoms with Gasteiger partial charge in [-0.1, -0.05) is 12.1 Å². The lowest BCUT2D eigenvalue weighted by Crippen LogP contribution is -1.97. The summed E-state index contributed by atoms with van der Waals surface area (Å²) in [6.07, 6.45) is 1.73. The lowest BCUT2D eigenvalue weighted by molar-refractivity contribution is 0.626. The summed E-state index contributed by atoms with van der Waals surface area (Å²) >= 11 is 5.87. The largest absolute Gasteiger partial charge is 0.299 e. The minimum absolute atomic E-state index is 0.263. The summed E-state index contributed by atoms with van der Waals surface area (Å²) < 4.78 is 15.1. The average molecular weight is 261 g/mol. The van der Waals surface area contributed by atoms with Crippen molar-refractivity contribution in [2.45, 2.75) is 5.88 Å². The zero-order valence-electron chi connectivity index (χ0n) is 9.48. The standard InChI is InChI=1S/C14H10ClFN2/c15-8-10-7-11(16)5-6-13(10)18-9-17-12-3-1-2-4-14(12)18/h1-7,9H,8H2. The molecule has 1 heterocycles. The Morgan fingerprint density at radius 1 is 1.17 bits per heavy atom. The zero-order chi connectivity index (χ0) is 12.5. The van der Waals surface area contributed by atoms with Crippen molar-refractivity contribution in [3.8, 4) is 5.69 Å². The summed E-state index contributed by atoms with van der Waals surface area (Å²) in [5, 5.41) is 0. The highest BCUT2D eigenvalue weighted by Gasteiger charge is 2.08. The van der Waals surface area contributed by atoms with E-state index in [4.69, 9.17) is 11.6 Å². The van der Waals surface area contributed by atoms with Gasteiger partial charge in [0.05, 0.1) is 16.7 Å². The molecule has 4 heteroatoms. The first-order chi connectivity index (χ1) is 8.79. The van der Waals surface area contributed by atoms with Crippen molar-refractivity contribution in [1.82, 2.24) is 9.55 Å². The number of benzene rings is 2. The minimum Gasteiger partial charge on any atom is -0.299 e. The molecule has 1 aromatic heterocycles. The van der Waals surface area contributed by atoms with E-state index in [-0.39, 0.29) is 11.7 Å².